The van der Waals surface area contributed by atoms with Crippen LogP contribution >= 0.6 is 36.2 Å². The topological polar surface area (TPSA) is 20.2 Å². The van der Waals surface area contributed by atoms with Crippen molar-refractivity contribution in [2.75, 3.05) is 0 Å². The molecule has 0 saturated carbocycles. The van der Waals surface area contributed by atoms with Gasteiger partial charge in [-0.1, -0.05) is 17.8 Å². The SMILES string of the molecule is CC(O)Sc1cccc(SC(C)S)c1. The first-order valence-electron chi connectivity index (χ1n) is 4.37. The van der Waals surface area contributed by atoms with Gasteiger partial charge in [-0.05, 0) is 32.0 Å². The summed E-state index contributed by atoms with van der Waals surface area (Å²) in [6, 6.07) is 8.14. The van der Waals surface area contributed by atoms with Gasteiger partial charge >= 0.3 is 0 Å². The summed E-state index contributed by atoms with van der Waals surface area (Å²) in [5, 5.41) is 9.22. The second kappa shape index (κ2) is 5.95. The molecule has 0 radical (unpaired) electrons. The smallest absolute Gasteiger partial charge is 0.101 e. The van der Waals surface area contributed by atoms with Crippen molar-refractivity contribution in [3.63, 3.8) is 0 Å². The Morgan fingerprint density at radius 1 is 1.21 bits per heavy atom. The van der Waals surface area contributed by atoms with Gasteiger partial charge in [-0.15, -0.1) is 11.8 Å². The molecule has 0 heterocycles. The van der Waals surface area contributed by atoms with Gasteiger partial charge in [0.25, 0.3) is 0 Å². The Kier molecular flexibility index (Phi) is 5.23. The van der Waals surface area contributed by atoms with E-state index in [1.54, 1.807) is 18.7 Å². The van der Waals surface area contributed by atoms with Gasteiger partial charge < -0.3 is 5.11 Å². The van der Waals surface area contributed by atoms with Crippen LogP contribution in [-0.2, 0) is 0 Å². The summed E-state index contributed by atoms with van der Waals surface area (Å²) in [6.45, 7) is 3.81. The molecule has 2 atom stereocenters. The van der Waals surface area contributed by atoms with Crippen LogP contribution in [0.1, 0.15) is 13.8 Å². The normalized spacial score (nSPS) is 15.1. The number of hydrogen-bond donors (Lipinski definition) is 2. The lowest BCUT2D eigenvalue weighted by Crippen LogP contribution is -1.91. The first-order chi connectivity index (χ1) is 6.58. The predicted molar refractivity (Wildman–Crippen MR) is 68.3 cm³/mol. The van der Waals surface area contributed by atoms with Gasteiger partial charge in [-0.25, -0.2) is 0 Å². The Morgan fingerprint density at radius 2 is 1.79 bits per heavy atom. The fourth-order valence-electron chi connectivity index (χ4n) is 1.01. The van der Waals surface area contributed by atoms with E-state index in [2.05, 4.69) is 24.8 Å². The van der Waals surface area contributed by atoms with Crippen LogP contribution in [0.3, 0.4) is 0 Å². The van der Waals surface area contributed by atoms with Crippen LogP contribution in [0.2, 0.25) is 0 Å². The molecular formula is C10H14OS3. The van der Waals surface area contributed by atoms with Crippen LogP contribution in [0.15, 0.2) is 34.1 Å². The molecule has 2 unspecified atom stereocenters. The van der Waals surface area contributed by atoms with Gasteiger partial charge in [0.2, 0.25) is 0 Å². The summed E-state index contributed by atoms with van der Waals surface area (Å²) in [5.74, 6) is 0. The highest BCUT2D eigenvalue weighted by atomic mass is 32.2. The summed E-state index contributed by atoms with van der Waals surface area (Å²) in [7, 11) is 0. The van der Waals surface area contributed by atoms with E-state index < -0.39 is 0 Å². The average molecular weight is 246 g/mol. The maximum Gasteiger partial charge on any atom is 0.101 e. The molecule has 78 valence electrons. The summed E-state index contributed by atoms with van der Waals surface area (Å²) in [5.41, 5.74) is -0.358. The zero-order valence-electron chi connectivity index (χ0n) is 8.18. The summed E-state index contributed by atoms with van der Waals surface area (Å²) in [6.07, 6.45) is 0. The molecule has 1 aromatic carbocycles. The zero-order chi connectivity index (χ0) is 10.6. The van der Waals surface area contributed by atoms with Gasteiger partial charge in [-0.2, -0.15) is 12.6 Å². The molecule has 1 rings (SSSR count). The lowest BCUT2D eigenvalue weighted by molar-refractivity contribution is 0.284. The molecule has 0 aliphatic rings. The Balaban J connectivity index is 2.68. The molecule has 4 heteroatoms. The molecule has 0 aromatic heterocycles. The molecule has 0 spiro atoms. The van der Waals surface area contributed by atoms with E-state index in [1.807, 2.05) is 19.1 Å². The molecule has 1 nitrogen and oxygen atoms in total. The third kappa shape index (κ3) is 4.64. The van der Waals surface area contributed by atoms with Crippen LogP contribution in [-0.4, -0.2) is 15.1 Å². The first-order valence-corrected chi connectivity index (χ1v) is 6.65. The van der Waals surface area contributed by atoms with Crippen LogP contribution in [0.5, 0.6) is 0 Å². The molecular weight excluding hydrogens is 232 g/mol. The minimum Gasteiger partial charge on any atom is -0.382 e. The second-order valence-electron chi connectivity index (χ2n) is 2.91. The van der Waals surface area contributed by atoms with Crippen LogP contribution in [0, 0.1) is 0 Å². The van der Waals surface area contributed by atoms with Crippen molar-refractivity contribution in [1.29, 1.82) is 0 Å². The zero-order valence-corrected chi connectivity index (χ0v) is 10.7. The summed E-state index contributed by atoms with van der Waals surface area (Å²) < 4.78 is 0.293. The highest BCUT2D eigenvalue weighted by Crippen LogP contribution is 2.30. The number of hydrogen-bond acceptors (Lipinski definition) is 4. The highest BCUT2D eigenvalue weighted by Gasteiger charge is 2.02. The lowest BCUT2D eigenvalue weighted by atomic mass is 10.4. The van der Waals surface area contributed by atoms with Gasteiger partial charge in [0.15, 0.2) is 0 Å². The maximum absolute atomic E-state index is 9.22. The van der Waals surface area contributed by atoms with Gasteiger partial charge in [0.1, 0.15) is 5.44 Å². The van der Waals surface area contributed by atoms with Crippen LogP contribution in [0.25, 0.3) is 0 Å². The van der Waals surface area contributed by atoms with Crippen LogP contribution in [0.4, 0.5) is 0 Å². The Hall–Kier alpha value is 0.230. The Bertz CT molecular complexity index is 261. The monoisotopic (exact) mass is 246 g/mol. The minimum absolute atomic E-state index is 0.293. The standard InChI is InChI=1S/C10H14OS3/c1-7(11)13-9-4-3-5-10(6-9)14-8(2)12/h3-8,11-12H,1-2H3. The quantitative estimate of drug-likeness (QED) is 0.482. The van der Waals surface area contributed by atoms with Crippen LogP contribution < -0.4 is 0 Å². The molecule has 0 amide bonds. The number of benzene rings is 1. The fourth-order valence-corrected chi connectivity index (χ4v) is 2.95. The second-order valence-corrected chi connectivity index (χ2v) is 6.84. The number of thiol groups is 1. The number of thioether (sulfide) groups is 2. The number of rotatable bonds is 4. The molecule has 14 heavy (non-hydrogen) atoms. The third-order valence-electron chi connectivity index (χ3n) is 1.42. The van der Waals surface area contributed by atoms with E-state index in [0.717, 1.165) is 4.90 Å². The van der Waals surface area contributed by atoms with E-state index in [-0.39, 0.29) is 5.44 Å². The molecule has 0 bridgehead atoms. The van der Waals surface area contributed by atoms with Crippen molar-refractivity contribution in [2.45, 2.75) is 33.7 Å². The molecule has 1 aromatic rings. The van der Waals surface area contributed by atoms with E-state index in [9.17, 15) is 5.11 Å². The van der Waals surface area contributed by atoms with E-state index in [4.69, 9.17) is 0 Å². The average Bonchev–Trinajstić information content (AvgIpc) is 2.01. The summed E-state index contributed by atoms with van der Waals surface area (Å²) in [4.78, 5) is 2.29. The Labute approximate surface area is 99.1 Å². The predicted octanol–water partition coefficient (Wildman–Crippen LogP) is 3.48. The fraction of sp³-hybridized carbons (Fsp3) is 0.400. The highest BCUT2D eigenvalue weighted by molar-refractivity contribution is 8.10. The number of aliphatic hydroxyl groups excluding tert-OH is 1. The summed E-state index contributed by atoms with van der Waals surface area (Å²) >= 11 is 7.49. The van der Waals surface area contributed by atoms with Crippen molar-refractivity contribution in [3.8, 4) is 0 Å². The van der Waals surface area contributed by atoms with Gasteiger partial charge in [0.05, 0.1) is 0 Å². The molecule has 0 fully saturated rings. The molecule has 0 saturated heterocycles. The van der Waals surface area contributed by atoms with Crippen molar-refractivity contribution < 1.29 is 5.11 Å². The van der Waals surface area contributed by atoms with Gasteiger partial charge in [-0.3, -0.25) is 0 Å². The lowest BCUT2D eigenvalue weighted by Gasteiger charge is -2.07. The van der Waals surface area contributed by atoms with Gasteiger partial charge in [0, 0.05) is 14.4 Å². The van der Waals surface area contributed by atoms with E-state index in [0.29, 0.717) is 4.58 Å². The molecule has 0 aliphatic carbocycles. The van der Waals surface area contributed by atoms with E-state index in [1.165, 1.54) is 16.7 Å². The Morgan fingerprint density at radius 3 is 2.29 bits per heavy atom. The van der Waals surface area contributed by atoms with Crippen molar-refractivity contribution in [1.82, 2.24) is 0 Å². The molecule has 1 N–H and O–H groups in total. The van der Waals surface area contributed by atoms with Crippen molar-refractivity contribution >= 4 is 36.2 Å². The first kappa shape index (κ1) is 12.3. The number of aliphatic hydroxyl groups is 1. The van der Waals surface area contributed by atoms with E-state index >= 15 is 0 Å². The largest absolute Gasteiger partial charge is 0.382 e. The molecule has 0 aliphatic heterocycles. The maximum atomic E-state index is 9.22. The minimum atomic E-state index is -0.358. The third-order valence-corrected chi connectivity index (χ3v) is 3.47. The van der Waals surface area contributed by atoms with Crippen molar-refractivity contribution in [3.05, 3.63) is 24.3 Å². The van der Waals surface area contributed by atoms with Crippen molar-refractivity contribution in [2.24, 2.45) is 0 Å².